The number of carboxylic acid groups (broad SMARTS) is 1. The summed E-state index contributed by atoms with van der Waals surface area (Å²) in [5, 5.41) is 13.2. The number of amides is 1. The van der Waals surface area contributed by atoms with Gasteiger partial charge in [0, 0.05) is 5.38 Å². The smallest absolute Gasteiger partial charge is 0.355 e. The summed E-state index contributed by atoms with van der Waals surface area (Å²) in [6.45, 7) is 0.139. The predicted molar refractivity (Wildman–Crippen MR) is 74.6 cm³/mol. The molecule has 2 aromatic heterocycles. The summed E-state index contributed by atoms with van der Waals surface area (Å²) in [7, 11) is 0. The quantitative estimate of drug-likeness (QED) is 0.898. The van der Waals surface area contributed by atoms with Crippen molar-refractivity contribution in [2.24, 2.45) is 0 Å². The van der Waals surface area contributed by atoms with E-state index in [0.717, 1.165) is 22.7 Å². The normalized spacial score (nSPS) is 10.4. The number of nitrogens with one attached hydrogen (secondary N) is 1. The van der Waals surface area contributed by atoms with Crippen LogP contribution in [0, 0.1) is 0 Å². The van der Waals surface area contributed by atoms with Gasteiger partial charge in [-0.1, -0.05) is 23.2 Å². The summed E-state index contributed by atoms with van der Waals surface area (Å²) < 4.78 is 0.741. The lowest BCUT2D eigenvalue weighted by molar-refractivity contribution is 0.0691. The van der Waals surface area contributed by atoms with Gasteiger partial charge in [0.25, 0.3) is 5.91 Å². The minimum absolute atomic E-state index is 0.0362. The number of hydrogen-bond donors (Lipinski definition) is 2. The van der Waals surface area contributed by atoms with Gasteiger partial charge in [-0.2, -0.15) is 0 Å². The van der Waals surface area contributed by atoms with Gasteiger partial charge in [0.1, 0.15) is 9.34 Å². The van der Waals surface area contributed by atoms with Crippen LogP contribution in [0.3, 0.4) is 0 Å². The van der Waals surface area contributed by atoms with Crippen LogP contribution < -0.4 is 5.32 Å². The Kier molecular flexibility index (Phi) is 4.41. The molecule has 19 heavy (non-hydrogen) atoms. The summed E-state index contributed by atoms with van der Waals surface area (Å²) in [6, 6.07) is 1.48. The second-order valence-corrected chi connectivity index (χ2v) is 6.58. The average Bonchev–Trinajstić information content (AvgIpc) is 2.93. The van der Waals surface area contributed by atoms with E-state index >= 15 is 0 Å². The molecule has 5 nitrogen and oxygen atoms in total. The fraction of sp³-hybridized carbons (Fsp3) is 0.100. The lowest BCUT2D eigenvalue weighted by atomic mass is 10.3. The first-order chi connectivity index (χ1) is 8.97. The highest BCUT2D eigenvalue weighted by atomic mass is 35.5. The largest absolute Gasteiger partial charge is 0.476 e. The van der Waals surface area contributed by atoms with Gasteiger partial charge in [-0.25, -0.2) is 9.78 Å². The van der Waals surface area contributed by atoms with Crippen molar-refractivity contribution in [3.8, 4) is 0 Å². The third kappa shape index (κ3) is 3.44. The molecule has 0 atom stereocenters. The van der Waals surface area contributed by atoms with E-state index in [1.54, 1.807) is 0 Å². The highest BCUT2D eigenvalue weighted by Gasteiger charge is 2.15. The number of aromatic nitrogens is 1. The molecule has 0 aromatic carbocycles. The zero-order valence-corrected chi connectivity index (χ0v) is 12.3. The molecule has 0 radical (unpaired) electrons. The minimum Gasteiger partial charge on any atom is -0.476 e. The maximum atomic E-state index is 11.8. The first kappa shape index (κ1) is 14.3. The zero-order valence-electron chi connectivity index (χ0n) is 9.15. The van der Waals surface area contributed by atoms with Crippen LogP contribution in [0.25, 0.3) is 0 Å². The van der Waals surface area contributed by atoms with Crippen LogP contribution in [0.5, 0.6) is 0 Å². The molecule has 0 fully saturated rings. The number of halogens is 2. The van der Waals surface area contributed by atoms with Crippen LogP contribution in [0.15, 0.2) is 11.4 Å². The second-order valence-electron chi connectivity index (χ2n) is 3.35. The SMILES string of the molecule is O=C(O)c1csc(CNC(=O)c2cc(Cl)sc2Cl)n1. The molecule has 9 heteroatoms. The molecular formula is C10H6Cl2N2O3S2. The number of nitrogens with zero attached hydrogens (tertiary/aromatic N) is 1. The van der Waals surface area contributed by atoms with Crippen molar-refractivity contribution in [2.45, 2.75) is 6.54 Å². The highest BCUT2D eigenvalue weighted by Crippen LogP contribution is 2.31. The van der Waals surface area contributed by atoms with E-state index in [-0.39, 0.29) is 18.1 Å². The van der Waals surface area contributed by atoms with Crippen LogP contribution >= 0.6 is 45.9 Å². The number of carbonyl (C=O) groups is 2. The number of carboxylic acids is 1. The Balaban J connectivity index is 2.00. The molecule has 0 unspecified atom stereocenters. The van der Waals surface area contributed by atoms with Crippen molar-refractivity contribution in [1.82, 2.24) is 10.3 Å². The summed E-state index contributed by atoms with van der Waals surface area (Å²) >= 11 is 13.9. The highest BCUT2D eigenvalue weighted by molar-refractivity contribution is 7.20. The standard InChI is InChI=1S/C10H6Cl2N2O3S2/c11-6-1-4(8(12)19-6)9(15)13-2-7-14-5(3-18-7)10(16)17/h1,3H,2H2,(H,13,15)(H,16,17). The van der Waals surface area contributed by atoms with Crippen molar-refractivity contribution < 1.29 is 14.7 Å². The molecule has 2 N–H and O–H groups in total. The van der Waals surface area contributed by atoms with Gasteiger partial charge in [-0.15, -0.1) is 22.7 Å². The predicted octanol–water partition coefficient (Wildman–Crippen LogP) is 3.14. The molecule has 0 aliphatic rings. The summed E-state index contributed by atoms with van der Waals surface area (Å²) in [4.78, 5) is 26.3. The third-order valence-electron chi connectivity index (χ3n) is 2.07. The van der Waals surface area contributed by atoms with E-state index < -0.39 is 5.97 Å². The van der Waals surface area contributed by atoms with Crippen LogP contribution in [0.1, 0.15) is 25.9 Å². The summed E-state index contributed by atoms with van der Waals surface area (Å²) in [5.41, 5.74) is 0.262. The Morgan fingerprint density at radius 3 is 2.68 bits per heavy atom. The maximum absolute atomic E-state index is 11.8. The Bertz CT molecular complexity index is 639. The van der Waals surface area contributed by atoms with Crippen LogP contribution in [-0.4, -0.2) is 22.0 Å². The van der Waals surface area contributed by atoms with Gasteiger partial charge >= 0.3 is 5.97 Å². The molecule has 0 spiro atoms. The van der Waals surface area contributed by atoms with E-state index in [1.165, 1.54) is 11.4 Å². The third-order valence-corrected chi connectivity index (χ3v) is 4.41. The van der Waals surface area contributed by atoms with Crippen LogP contribution in [-0.2, 0) is 6.54 Å². The Morgan fingerprint density at radius 2 is 2.16 bits per heavy atom. The van der Waals surface area contributed by atoms with Crippen molar-refractivity contribution in [3.05, 3.63) is 36.4 Å². The molecule has 2 heterocycles. The van der Waals surface area contributed by atoms with Gasteiger partial charge in [0.2, 0.25) is 0 Å². The Morgan fingerprint density at radius 1 is 1.42 bits per heavy atom. The molecule has 1 amide bonds. The molecule has 100 valence electrons. The molecular weight excluding hydrogens is 331 g/mol. The number of thiazole rings is 1. The Hall–Kier alpha value is -1.15. The molecule has 2 rings (SSSR count). The fourth-order valence-electron chi connectivity index (χ4n) is 1.24. The molecule has 0 saturated carbocycles. The lowest BCUT2D eigenvalue weighted by Gasteiger charge is -2.01. The van der Waals surface area contributed by atoms with Crippen LogP contribution in [0.4, 0.5) is 0 Å². The maximum Gasteiger partial charge on any atom is 0.355 e. The van der Waals surface area contributed by atoms with Gasteiger partial charge in [0.05, 0.1) is 16.4 Å². The summed E-state index contributed by atoms with van der Waals surface area (Å²) in [5.74, 6) is -1.47. The van der Waals surface area contributed by atoms with Crippen molar-refractivity contribution in [3.63, 3.8) is 0 Å². The minimum atomic E-state index is -1.10. The van der Waals surface area contributed by atoms with E-state index in [1.807, 2.05) is 0 Å². The van der Waals surface area contributed by atoms with Crippen molar-refractivity contribution in [1.29, 1.82) is 0 Å². The van der Waals surface area contributed by atoms with Gasteiger partial charge in [-0.3, -0.25) is 4.79 Å². The van der Waals surface area contributed by atoms with Crippen molar-refractivity contribution in [2.75, 3.05) is 0 Å². The zero-order chi connectivity index (χ0) is 14.0. The first-order valence-corrected chi connectivity index (χ1v) is 7.33. The van der Waals surface area contributed by atoms with Gasteiger partial charge in [0.15, 0.2) is 5.69 Å². The van der Waals surface area contributed by atoms with Gasteiger partial charge < -0.3 is 10.4 Å². The number of carbonyl (C=O) groups excluding carboxylic acids is 1. The monoisotopic (exact) mass is 336 g/mol. The molecule has 0 aliphatic heterocycles. The first-order valence-electron chi connectivity index (χ1n) is 4.88. The molecule has 2 aromatic rings. The number of aromatic carboxylic acids is 1. The molecule has 0 aliphatic carbocycles. The van der Waals surface area contributed by atoms with Crippen LogP contribution in [0.2, 0.25) is 8.67 Å². The number of thiophene rings is 1. The summed E-state index contributed by atoms with van der Waals surface area (Å²) in [6.07, 6.45) is 0. The topological polar surface area (TPSA) is 79.3 Å². The number of hydrogen-bond acceptors (Lipinski definition) is 5. The Labute approximate surface area is 125 Å². The molecule has 0 bridgehead atoms. The fourth-order valence-corrected chi connectivity index (χ4v) is 3.40. The average molecular weight is 337 g/mol. The van der Waals surface area contributed by atoms with E-state index in [4.69, 9.17) is 28.3 Å². The second kappa shape index (κ2) is 5.87. The van der Waals surface area contributed by atoms with E-state index in [0.29, 0.717) is 19.2 Å². The van der Waals surface area contributed by atoms with Crippen molar-refractivity contribution >= 4 is 57.8 Å². The van der Waals surface area contributed by atoms with E-state index in [9.17, 15) is 9.59 Å². The lowest BCUT2D eigenvalue weighted by Crippen LogP contribution is -2.22. The molecule has 0 saturated heterocycles. The van der Waals surface area contributed by atoms with Gasteiger partial charge in [-0.05, 0) is 6.07 Å². The van der Waals surface area contributed by atoms with E-state index in [2.05, 4.69) is 10.3 Å². The number of rotatable bonds is 4.